The molecule has 1 aliphatic heterocycles. The molecule has 1 N–H and O–H groups in total. The smallest absolute Gasteiger partial charge is 0.311 e. The molecule has 2 heterocycles. The van der Waals surface area contributed by atoms with Gasteiger partial charge in [0.1, 0.15) is 5.76 Å². The second-order valence-electron chi connectivity index (χ2n) is 6.23. The Morgan fingerprint density at radius 2 is 2.17 bits per heavy atom. The van der Waals surface area contributed by atoms with Gasteiger partial charge in [-0.05, 0) is 33.1 Å². The van der Waals surface area contributed by atoms with E-state index in [4.69, 9.17) is 9.26 Å². The van der Waals surface area contributed by atoms with Gasteiger partial charge in [0.05, 0.1) is 17.5 Å². The highest BCUT2D eigenvalue weighted by Crippen LogP contribution is 2.34. The SMILES string of the molecule is COCC[C@]1(C(=O)O)CCCN(C(=O)Cc2c(C)noc2C)C1. The maximum absolute atomic E-state index is 12.6. The Morgan fingerprint density at radius 1 is 1.43 bits per heavy atom. The molecule has 2 rings (SSSR count). The zero-order valence-corrected chi connectivity index (χ0v) is 13.9. The summed E-state index contributed by atoms with van der Waals surface area (Å²) in [6.07, 6.45) is 1.86. The van der Waals surface area contributed by atoms with Crippen LogP contribution in [0.1, 0.15) is 36.3 Å². The molecule has 7 heteroatoms. The minimum absolute atomic E-state index is 0.0814. The van der Waals surface area contributed by atoms with E-state index in [1.165, 1.54) is 0 Å². The third kappa shape index (κ3) is 3.72. The summed E-state index contributed by atoms with van der Waals surface area (Å²) in [4.78, 5) is 26.0. The summed E-state index contributed by atoms with van der Waals surface area (Å²) in [5, 5.41) is 13.5. The average molecular weight is 324 g/mol. The molecule has 1 aliphatic rings. The van der Waals surface area contributed by atoms with Gasteiger partial charge in [-0.15, -0.1) is 0 Å². The standard InChI is InChI=1S/C16H24N2O5/c1-11-13(12(2)23-17-11)9-14(19)18-7-4-5-16(10-18,15(20)21)6-8-22-3/h4-10H2,1-3H3,(H,20,21)/t16-/m1/s1. The lowest BCUT2D eigenvalue weighted by Crippen LogP contribution is -2.50. The number of methoxy groups -OCH3 is 1. The normalized spacial score (nSPS) is 21.4. The van der Waals surface area contributed by atoms with Gasteiger partial charge >= 0.3 is 5.97 Å². The van der Waals surface area contributed by atoms with Gasteiger partial charge in [-0.2, -0.15) is 0 Å². The molecule has 1 aromatic heterocycles. The van der Waals surface area contributed by atoms with Gasteiger partial charge in [-0.3, -0.25) is 9.59 Å². The Hall–Kier alpha value is -1.89. The summed E-state index contributed by atoms with van der Waals surface area (Å²) >= 11 is 0. The molecule has 128 valence electrons. The lowest BCUT2D eigenvalue weighted by atomic mass is 9.77. The first-order valence-electron chi connectivity index (χ1n) is 7.81. The van der Waals surface area contributed by atoms with E-state index in [-0.39, 0.29) is 18.9 Å². The fraction of sp³-hybridized carbons (Fsp3) is 0.688. The first kappa shape index (κ1) is 17.5. The molecule has 0 aliphatic carbocycles. The van der Waals surface area contributed by atoms with Gasteiger partial charge in [-0.25, -0.2) is 0 Å². The number of likely N-dealkylation sites (tertiary alicyclic amines) is 1. The van der Waals surface area contributed by atoms with Gasteiger partial charge in [0.15, 0.2) is 0 Å². The highest BCUT2D eigenvalue weighted by molar-refractivity contribution is 5.81. The van der Waals surface area contributed by atoms with E-state index in [1.54, 1.807) is 25.9 Å². The van der Waals surface area contributed by atoms with Crippen molar-refractivity contribution in [1.82, 2.24) is 10.1 Å². The number of carbonyl (C=O) groups excluding carboxylic acids is 1. The van der Waals surface area contributed by atoms with Crippen molar-refractivity contribution >= 4 is 11.9 Å². The molecule has 1 fully saturated rings. The Morgan fingerprint density at radius 3 is 2.74 bits per heavy atom. The number of carboxylic acid groups (broad SMARTS) is 1. The molecule has 1 atom stereocenters. The molecule has 0 aromatic carbocycles. The Labute approximate surface area is 135 Å². The summed E-state index contributed by atoms with van der Waals surface area (Å²) in [5.74, 6) is -0.303. The molecule has 7 nitrogen and oxygen atoms in total. The number of hydrogen-bond donors (Lipinski definition) is 1. The molecule has 0 bridgehead atoms. The average Bonchev–Trinajstić information content (AvgIpc) is 2.84. The predicted molar refractivity (Wildman–Crippen MR) is 82.1 cm³/mol. The number of piperidine rings is 1. The zero-order chi connectivity index (χ0) is 17.0. The summed E-state index contributed by atoms with van der Waals surface area (Å²) in [6, 6.07) is 0. The molecule has 0 saturated carbocycles. The topological polar surface area (TPSA) is 92.9 Å². The Kier molecular flexibility index (Phi) is 5.41. The highest BCUT2D eigenvalue weighted by atomic mass is 16.5. The maximum atomic E-state index is 12.6. The van der Waals surface area contributed by atoms with Crippen LogP contribution in [0.15, 0.2) is 4.52 Å². The van der Waals surface area contributed by atoms with Crippen molar-refractivity contribution in [2.45, 2.75) is 39.5 Å². The van der Waals surface area contributed by atoms with Crippen molar-refractivity contribution in [3.63, 3.8) is 0 Å². The fourth-order valence-electron chi connectivity index (χ4n) is 3.14. The lowest BCUT2D eigenvalue weighted by Gasteiger charge is -2.40. The number of rotatable bonds is 6. The number of aryl methyl sites for hydroxylation is 2. The second kappa shape index (κ2) is 7.12. The largest absolute Gasteiger partial charge is 0.481 e. The summed E-state index contributed by atoms with van der Waals surface area (Å²) in [6.45, 7) is 4.77. The molecule has 1 saturated heterocycles. The lowest BCUT2D eigenvalue weighted by molar-refractivity contribution is -0.156. The summed E-state index contributed by atoms with van der Waals surface area (Å²) in [5.41, 5.74) is 0.581. The zero-order valence-electron chi connectivity index (χ0n) is 13.9. The second-order valence-corrected chi connectivity index (χ2v) is 6.23. The van der Waals surface area contributed by atoms with Crippen molar-refractivity contribution in [2.75, 3.05) is 26.8 Å². The Bertz CT molecular complexity index is 564. The minimum atomic E-state index is -0.914. The van der Waals surface area contributed by atoms with E-state index in [0.717, 1.165) is 5.56 Å². The number of aromatic nitrogens is 1. The van der Waals surface area contributed by atoms with Crippen LogP contribution in [0.4, 0.5) is 0 Å². The summed E-state index contributed by atoms with van der Waals surface area (Å²) < 4.78 is 10.1. The Balaban J connectivity index is 2.10. The molecule has 0 unspecified atom stereocenters. The van der Waals surface area contributed by atoms with Gasteiger partial charge in [0, 0.05) is 32.4 Å². The molecule has 0 spiro atoms. The van der Waals surface area contributed by atoms with Crippen LogP contribution in [0.3, 0.4) is 0 Å². The van der Waals surface area contributed by atoms with Crippen molar-refractivity contribution in [3.05, 3.63) is 17.0 Å². The van der Waals surface area contributed by atoms with Crippen molar-refractivity contribution in [2.24, 2.45) is 5.41 Å². The molecular weight excluding hydrogens is 300 g/mol. The van der Waals surface area contributed by atoms with E-state index in [0.29, 0.717) is 43.9 Å². The quantitative estimate of drug-likeness (QED) is 0.853. The number of hydrogen-bond acceptors (Lipinski definition) is 5. The van der Waals surface area contributed by atoms with Crippen LogP contribution in [0.5, 0.6) is 0 Å². The maximum Gasteiger partial charge on any atom is 0.311 e. The number of aliphatic carboxylic acids is 1. The van der Waals surface area contributed by atoms with E-state index in [1.807, 2.05) is 0 Å². The van der Waals surface area contributed by atoms with E-state index >= 15 is 0 Å². The third-order valence-corrected chi connectivity index (χ3v) is 4.68. The van der Waals surface area contributed by atoms with Crippen LogP contribution in [0.25, 0.3) is 0 Å². The number of carboxylic acids is 1. The van der Waals surface area contributed by atoms with Crippen molar-refractivity contribution in [1.29, 1.82) is 0 Å². The number of ether oxygens (including phenoxy) is 1. The molecule has 0 radical (unpaired) electrons. The van der Waals surface area contributed by atoms with Crippen LogP contribution in [0, 0.1) is 19.3 Å². The molecular formula is C16H24N2O5. The van der Waals surface area contributed by atoms with Crippen LogP contribution in [0.2, 0.25) is 0 Å². The van der Waals surface area contributed by atoms with Crippen molar-refractivity contribution in [3.8, 4) is 0 Å². The minimum Gasteiger partial charge on any atom is -0.481 e. The fourth-order valence-corrected chi connectivity index (χ4v) is 3.14. The van der Waals surface area contributed by atoms with Gasteiger partial charge in [0.25, 0.3) is 0 Å². The van der Waals surface area contributed by atoms with Crippen LogP contribution >= 0.6 is 0 Å². The van der Waals surface area contributed by atoms with Crippen LogP contribution in [-0.2, 0) is 20.7 Å². The highest BCUT2D eigenvalue weighted by Gasteiger charge is 2.43. The van der Waals surface area contributed by atoms with E-state index in [2.05, 4.69) is 5.16 Å². The monoisotopic (exact) mass is 324 g/mol. The number of nitrogens with zero attached hydrogens (tertiary/aromatic N) is 2. The number of carbonyl (C=O) groups is 2. The van der Waals surface area contributed by atoms with Gasteiger partial charge < -0.3 is 19.3 Å². The predicted octanol–water partition coefficient (Wildman–Crippen LogP) is 1.56. The molecule has 23 heavy (non-hydrogen) atoms. The third-order valence-electron chi connectivity index (χ3n) is 4.68. The number of amides is 1. The van der Waals surface area contributed by atoms with E-state index in [9.17, 15) is 14.7 Å². The first-order chi connectivity index (χ1) is 10.9. The van der Waals surface area contributed by atoms with Crippen LogP contribution < -0.4 is 0 Å². The van der Waals surface area contributed by atoms with Gasteiger partial charge in [-0.1, -0.05) is 5.16 Å². The van der Waals surface area contributed by atoms with E-state index < -0.39 is 11.4 Å². The molecule has 1 amide bonds. The van der Waals surface area contributed by atoms with Gasteiger partial charge in [0.2, 0.25) is 5.91 Å². The first-order valence-corrected chi connectivity index (χ1v) is 7.81. The summed E-state index contributed by atoms with van der Waals surface area (Å²) in [7, 11) is 1.55. The van der Waals surface area contributed by atoms with Crippen LogP contribution in [-0.4, -0.2) is 53.8 Å². The molecule has 1 aromatic rings. The van der Waals surface area contributed by atoms with Crippen molar-refractivity contribution < 1.29 is 24.0 Å².